The highest BCUT2D eigenvalue weighted by Crippen LogP contribution is 2.68. The maximum atomic E-state index is 2.55. The second-order valence-electron chi connectivity index (χ2n) is 20.3. The molecule has 0 aromatic heterocycles. The molecule has 0 fully saturated rings. The van der Waals surface area contributed by atoms with Gasteiger partial charge in [-0.15, -0.1) is 0 Å². The maximum Gasteiger partial charge on any atom is 0.0720 e. The van der Waals surface area contributed by atoms with Crippen LogP contribution in [-0.2, 0) is 10.8 Å². The number of fused-ring (bicyclic) bond motifs is 16. The standard InChI is InChI=1S/C74H49N/c1-5-19-50(20-6-1)54-33-39-58(40-34-54)75(59-41-35-55(36-42-59)51-21-7-2-8-22-51)60-43-46-68-64(49-60)63-29-15-18-32-67(63)74(68)70-45-38-56(52-23-9-3-10-24-52)47-71(70)73(65-30-16-13-27-61(65)62-28-14-17-31-66(62)73)69-44-37-57(48-72(69)74)53-25-11-4-12-26-53/h1-49H. The third-order valence-corrected chi connectivity index (χ3v) is 16.6. The number of anilines is 3. The Kier molecular flexibility index (Phi) is 9.77. The summed E-state index contributed by atoms with van der Waals surface area (Å²) in [4.78, 5) is 2.43. The predicted molar refractivity (Wildman–Crippen MR) is 311 cm³/mol. The van der Waals surface area contributed by atoms with Crippen molar-refractivity contribution >= 4 is 17.1 Å². The Balaban J connectivity index is 1.01. The molecular weight excluding hydrogens is 903 g/mol. The molecule has 0 saturated heterocycles. The number of nitrogens with zero attached hydrogens (tertiary/aromatic N) is 1. The highest BCUT2D eigenvalue weighted by atomic mass is 15.1. The Bertz CT molecular complexity index is 4010. The summed E-state index contributed by atoms with van der Waals surface area (Å²) < 4.78 is 0. The maximum absolute atomic E-state index is 2.55. The number of hydrogen-bond donors (Lipinski definition) is 0. The van der Waals surface area contributed by atoms with Gasteiger partial charge in [0.25, 0.3) is 0 Å². The van der Waals surface area contributed by atoms with E-state index in [0.717, 1.165) is 17.1 Å². The Hall–Kier alpha value is -9.56. The van der Waals surface area contributed by atoms with Crippen molar-refractivity contribution in [3.63, 3.8) is 0 Å². The van der Waals surface area contributed by atoms with Crippen LogP contribution in [0.4, 0.5) is 17.1 Å². The molecule has 0 aliphatic heterocycles. The average molecular weight is 952 g/mol. The lowest BCUT2D eigenvalue weighted by molar-refractivity contribution is 0.633. The minimum Gasteiger partial charge on any atom is -0.310 e. The van der Waals surface area contributed by atoms with E-state index < -0.39 is 10.8 Å². The molecule has 350 valence electrons. The fourth-order valence-corrected chi connectivity index (χ4v) is 13.4. The lowest BCUT2D eigenvalue weighted by Gasteiger charge is -2.49. The van der Waals surface area contributed by atoms with Crippen LogP contribution in [0, 0.1) is 0 Å². The van der Waals surface area contributed by atoms with Crippen LogP contribution in [0.15, 0.2) is 297 Å². The van der Waals surface area contributed by atoms with Crippen molar-refractivity contribution < 1.29 is 0 Å². The minimum atomic E-state index is -0.674. The first kappa shape index (κ1) is 43.1. The van der Waals surface area contributed by atoms with E-state index in [1.54, 1.807) is 0 Å². The summed E-state index contributed by atoms with van der Waals surface area (Å²) in [5, 5.41) is 0. The van der Waals surface area contributed by atoms with Crippen molar-refractivity contribution in [3.8, 4) is 66.8 Å². The van der Waals surface area contributed by atoms with Crippen molar-refractivity contribution in [1.29, 1.82) is 0 Å². The van der Waals surface area contributed by atoms with E-state index in [2.05, 4.69) is 302 Å². The summed E-state index contributed by atoms with van der Waals surface area (Å²) in [7, 11) is 0. The first-order valence-electron chi connectivity index (χ1n) is 26.2. The molecule has 1 unspecified atom stereocenters. The second kappa shape index (κ2) is 17.0. The van der Waals surface area contributed by atoms with Gasteiger partial charge in [-0.3, -0.25) is 0 Å². The van der Waals surface area contributed by atoms with Crippen LogP contribution in [0.2, 0.25) is 0 Å². The van der Waals surface area contributed by atoms with E-state index >= 15 is 0 Å². The molecule has 0 radical (unpaired) electrons. The van der Waals surface area contributed by atoms with E-state index in [9.17, 15) is 0 Å². The van der Waals surface area contributed by atoms with Crippen LogP contribution in [0.3, 0.4) is 0 Å². The molecule has 1 heteroatoms. The summed E-state index contributed by atoms with van der Waals surface area (Å²) in [5.41, 5.74) is 27.3. The summed E-state index contributed by atoms with van der Waals surface area (Å²) in [5.74, 6) is 0. The Labute approximate surface area is 439 Å². The van der Waals surface area contributed by atoms with Gasteiger partial charge in [0.15, 0.2) is 0 Å². The summed E-state index contributed by atoms with van der Waals surface area (Å²) in [6.07, 6.45) is 0. The van der Waals surface area contributed by atoms with Crippen molar-refractivity contribution in [2.45, 2.75) is 10.8 Å². The van der Waals surface area contributed by atoms with Crippen LogP contribution in [-0.4, -0.2) is 0 Å². The van der Waals surface area contributed by atoms with Gasteiger partial charge in [0, 0.05) is 17.1 Å². The first-order valence-corrected chi connectivity index (χ1v) is 26.2. The highest BCUT2D eigenvalue weighted by Gasteiger charge is 2.59. The van der Waals surface area contributed by atoms with Crippen molar-refractivity contribution in [2.75, 3.05) is 4.90 Å². The van der Waals surface area contributed by atoms with Gasteiger partial charge in [0.05, 0.1) is 10.8 Å². The molecule has 0 heterocycles. The van der Waals surface area contributed by atoms with Gasteiger partial charge in [0.1, 0.15) is 0 Å². The minimum absolute atomic E-state index is 0.602. The van der Waals surface area contributed by atoms with Gasteiger partial charge in [-0.05, 0) is 160 Å². The molecule has 0 amide bonds. The van der Waals surface area contributed by atoms with Gasteiger partial charge in [0.2, 0.25) is 0 Å². The molecule has 2 spiro atoms. The van der Waals surface area contributed by atoms with Crippen molar-refractivity contribution in [3.05, 3.63) is 342 Å². The zero-order valence-corrected chi connectivity index (χ0v) is 41.2. The van der Waals surface area contributed by atoms with Crippen LogP contribution in [0.5, 0.6) is 0 Å². The summed E-state index contributed by atoms with van der Waals surface area (Å²) in [6.45, 7) is 0. The van der Waals surface area contributed by atoms with Crippen LogP contribution >= 0.6 is 0 Å². The molecule has 12 aromatic rings. The third kappa shape index (κ3) is 6.38. The smallest absolute Gasteiger partial charge is 0.0720 e. The van der Waals surface area contributed by atoms with E-state index in [4.69, 9.17) is 0 Å². The molecule has 1 atom stereocenters. The van der Waals surface area contributed by atoms with Gasteiger partial charge >= 0.3 is 0 Å². The fourth-order valence-electron chi connectivity index (χ4n) is 13.4. The highest BCUT2D eigenvalue weighted by molar-refractivity contribution is 5.96. The van der Waals surface area contributed by atoms with Gasteiger partial charge in [-0.25, -0.2) is 0 Å². The normalized spacial score (nSPS) is 14.8. The SMILES string of the molecule is c1ccc(-c2ccc(N(c3ccc(-c4ccccc4)cc3)c3ccc4c(c3)-c3ccccc3C43c4ccc(-c5ccccc5)cc4C4(c5ccccc5-c5ccccc54)c4ccc(-c5ccccc5)cc43)cc2)cc1. The van der Waals surface area contributed by atoms with E-state index in [1.165, 1.54) is 111 Å². The quantitative estimate of drug-likeness (QED) is 0.154. The molecule has 0 bridgehead atoms. The third-order valence-electron chi connectivity index (χ3n) is 16.6. The first-order chi connectivity index (χ1) is 37.2. The molecule has 12 aromatic carbocycles. The number of benzene rings is 12. The predicted octanol–water partition coefficient (Wildman–Crippen LogP) is 18.9. The van der Waals surface area contributed by atoms with Gasteiger partial charge in [-0.1, -0.05) is 249 Å². The number of hydrogen-bond acceptors (Lipinski definition) is 1. The van der Waals surface area contributed by atoms with Crippen LogP contribution in [0.1, 0.15) is 44.5 Å². The average Bonchev–Trinajstić information content (AvgIpc) is 4.20. The van der Waals surface area contributed by atoms with Crippen LogP contribution in [0.25, 0.3) is 66.8 Å². The Morgan fingerprint density at radius 3 is 0.853 bits per heavy atom. The molecule has 3 aliphatic carbocycles. The van der Waals surface area contributed by atoms with E-state index in [-0.39, 0.29) is 0 Å². The fraction of sp³-hybridized carbons (Fsp3) is 0.0270. The molecule has 1 nitrogen and oxygen atoms in total. The number of rotatable bonds is 7. The molecule has 75 heavy (non-hydrogen) atoms. The zero-order valence-electron chi connectivity index (χ0n) is 41.2. The summed E-state index contributed by atoms with van der Waals surface area (Å²) in [6, 6.07) is 111. The molecular formula is C74H49N. The van der Waals surface area contributed by atoms with Crippen molar-refractivity contribution in [1.82, 2.24) is 0 Å². The molecule has 0 N–H and O–H groups in total. The van der Waals surface area contributed by atoms with Crippen molar-refractivity contribution in [2.24, 2.45) is 0 Å². The van der Waals surface area contributed by atoms with E-state index in [0.29, 0.717) is 0 Å². The Morgan fingerprint density at radius 2 is 0.453 bits per heavy atom. The monoisotopic (exact) mass is 951 g/mol. The molecule has 3 aliphatic rings. The zero-order chi connectivity index (χ0) is 49.5. The Morgan fingerprint density at radius 1 is 0.173 bits per heavy atom. The van der Waals surface area contributed by atoms with E-state index in [1.807, 2.05) is 0 Å². The second-order valence-corrected chi connectivity index (χ2v) is 20.3. The summed E-state index contributed by atoms with van der Waals surface area (Å²) >= 11 is 0. The van der Waals surface area contributed by atoms with Crippen LogP contribution < -0.4 is 4.90 Å². The largest absolute Gasteiger partial charge is 0.310 e. The lowest BCUT2D eigenvalue weighted by Crippen LogP contribution is -2.44. The molecule has 15 rings (SSSR count). The van der Waals surface area contributed by atoms with Gasteiger partial charge < -0.3 is 4.90 Å². The topological polar surface area (TPSA) is 3.24 Å². The van der Waals surface area contributed by atoms with Gasteiger partial charge in [-0.2, -0.15) is 0 Å². The molecule has 0 saturated carbocycles. The lowest BCUT2D eigenvalue weighted by atomic mass is 9.52.